The maximum absolute atomic E-state index is 10.0. The molecular formula is C12H12O2S. The van der Waals surface area contributed by atoms with E-state index in [0.29, 0.717) is 10.8 Å². The molecule has 78 valence electrons. The second-order valence-corrected chi connectivity index (χ2v) is 4.22. The van der Waals surface area contributed by atoms with E-state index < -0.39 is 0 Å². The van der Waals surface area contributed by atoms with Crippen LogP contribution in [0, 0.1) is 6.92 Å². The van der Waals surface area contributed by atoms with E-state index in [1.54, 1.807) is 0 Å². The highest BCUT2D eigenvalue weighted by Crippen LogP contribution is 2.42. The van der Waals surface area contributed by atoms with Crippen molar-refractivity contribution in [3.63, 3.8) is 0 Å². The summed E-state index contributed by atoms with van der Waals surface area (Å²) in [4.78, 5) is 0.742. The quantitative estimate of drug-likeness (QED) is 0.572. The monoisotopic (exact) mass is 220 g/mol. The van der Waals surface area contributed by atoms with Gasteiger partial charge in [0.15, 0.2) is 0 Å². The van der Waals surface area contributed by atoms with Crippen LogP contribution in [0.3, 0.4) is 0 Å². The molecule has 0 saturated heterocycles. The molecule has 0 aromatic heterocycles. The van der Waals surface area contributed by atoms with Gasteiger partial charge in [0.1, 0.15) is 11.5 Å². The summed E-state index contributed by atoms with van der Waals surface area (Å²) >= 11 is 1.44. The lowest BCUT2D eigenvalue weighted by Gasteiger charge is -2.11. The lowest BCUT2D eigenvalue weighted by atomic mass is 10.0. The number of phenols is 2. The van der Waals surface area contributed by atoms with Crippen LogP contribution < -0.4 is 0 Å². The van der Waals surface area contributed by atoms with Crippen LogP contribution >= 0.6 is 11.8 Å². The first-order valence-corrected chi connectivity index (χ1v) is 5.86. The third-order valence-corrected chi connectivity index (χ3v) is 3.46. The molecule has 3 heteroatoms. The van der Waals surface area contributed by atoms with E-state index in [2.05, 4.69) is 0 Å². The van der Waals surface area contributed by atoms with Gasteiger partial charge in [-0.3, -0.25) is 0 Å². The van der Waals surface area contributed by atoms with Gasteiger partial charge in [-0.05, 0) is 13.2 Å². The predicted molar refractivity (Wildman–Crippen MR) is 63.8 cm³/mol. The van der Waals surface area contributed by atoms with Gasteiger partial charge in [-0.15, -0.1) is 11.8 Å². The molecule has 0 amide bonds. The van der Waals surface area contributed by atoms with Gasteiger partial charge in [-0.2, -0.15) is 0 Å². The minimum absolute atomic E-state index is 0.257. The maximum atomic E-state index is 10.0. The zero-order chi connectivity index (χ0) is 11.0. The fourth-order valence-electron chi connectivity index (χ4n) is 1.76. The summed E-state index contributed by atoms with van der Waals surface area (Å²) < 4.78 is 0. The summed E-state index contributed by atoms with van der Waals surface area (Å²) in [6, 6.07) is 7.31. The van der Waals surface area contributed by atoms with Crippen LogP contribution in [0.25, 0.3) is 10.8 Å². The fourth-order valence-corrected chi connectivity index (χ4v) is 2.46. The van der Waals surface area contributed by atoms with E-state index in [4.69, 9.17) is 0 Å². The average Bonchev–Trinajstić information content (AvgIpc) is 2.27. The summed E-state index contributed by atoms with van der Waals surface area (Å²) in [5.74, 6) is 0.515. The van der Waals surface area contributed by atoms with Crippen LogP contribution in [-0.4, -0.2) is 16.5 Å². The van der Waals surface area contributed by atoms with Crippen molar-refractivity contribution in [2.45, 2.75) is 11.8 Å². The standard InChI is InChI=1S/C12H12O2S/c1-7-10(13)8-5-3-4-6-9(8)11(14)12(7)15-2/h3-6,13-14H,1-2H3. The van der Waals surface area contributed by atoms with E-state index >= 15 is 0 Å². The Kier molecular flexibility index (Phi) is 2.49. The molecule has 0 atom stereocenters. The van der Waals surface area contributed by atoms with Gasteiger partial charge in [0.2, 0.25) is 0 Å². The minimum Gasteiger partial charge on any atom is -0.507 e. The Morgan fingerprint density at radius 2 is 1.53 bits per heavy atom. The van der Waals surface area contributed by atoms with Crippen LogP contribution in [0.1, 0.15) is 5.56 Å². The number of aromatic hydroxyl groups is 2. The summed E-state index contributed by atoms with van der Waals surface area (Å²) in [6.07, 6.45) is 1.89. The number of hydrogen-bond donors (Lipinski definition) is 2. The molecule has 2 nitrogen and oxygen atoms in total. The van der Waals surface area contributed by atoms with Gasteiger partial charge in [-0.25, -0.2) is 0 Å². The van der Waals surface area contributed by atoms with E-state index in [1.807, 2.05) is 37.4 Å². The van der Waals surface area contributed by atoms with Gasteiger partial charge in [0.25, 0.3) is 0 Å². The molecule has 0 aliphatic carbocycles. The molecule has 0 radical (unpaired) electrons. The molecule has 2 aromatic rings. The van der Waals surface area contributed by atoms with Crippen molar-refractivity contribution in [3.05, 3.63) is 29.8 Å². The van der Waals surface area contributed by atoms with E-state index in [1.165, 1.54) is 11.8 Å². The van der Waals surface area contributed by atoms with Crippen molar-refractivity contribution in [2.75, 3.05) is 6.26 Å². The topological polar surface area (TPSA) is 40.5 Å². The number of rotatable bonds is 1. The number of hydrogen-bond acceptors (Lipinski definition) is 3. The second-order valence-electron chi connectivity index (χ2n) is 3.40. The molecule has 0 spiro atoms. The maximum Gasteiger partial charge on any atom is 0.137 e. The Morgan fingerprint density at radius 1 is 1.00 bits per heavy atom. The van der Waals surface area contributed by atoms with Crippen molar-refractivity contribution >= 4 is 22.5 Å². The number of thioether (sulfide) groups is 1. The average molecular weight is 220 g/mol. The van der Waals surface area contributed by atoms with Gasteiger partial charge in [0, 0.05) is 16.3 Å². The molecule has 0 aliphatic heterocycles. The van der Waals surface area contributed by atoms with Crippen molar-refractivity contribution in [1.82, 2.24) is 0 Å². The Morgan fingerprint density at radius 3 is 2.07 bits per heavy atom. The summed E-state index contributed by atoms with van der Waals surface area (Å²) in [5, 5.41) is 21.4. The summed E-state index contributed by atoms with van der Waals surface area (Å²) in [6.45, 7) is 1.81. The first kappa shape index (κ1) is 10.2. The largest absolute Gasteiger partial charge is 0.507 e. The van der Waals surface area contributed by atoms with Crippen LogP contribution in [-0.2, 0) is 0 Å². The molecule has 0 unspecified atom stereocenters. The highest BCUT2D eigenvalue weighted by Gasteiger charge is 2.14. The van der Waals surface area contributed by atoms with Crippen molar-refractivity contribution in [2.24, 2.45) is 0 Å². The number of fused-ring (bicyclic) bond motifs is 1. The smallest absolute Gasteiger partial charge is 0.137 e. The normalized spacial score (nSPS) is 10.8. The highest BCUT2D eigenvalue weighted by molar-refractivity contribution is 7.98. The van der Waals surface area contributed by atoms with Crippen LogP contribution in [0.5, 0.6) is 11.5 Å². The van der Waals surface area contributed by atoms with Gasteiger partial charge in [0.05, 0.1) is 4.90 Å². The van der Waals surface area contributed by atoms with Crippen molar-refractivity contribution in [1.29, 1.82) is 0 Å². The molecule has 0 saturated carbocycles. The second kappa shape index (κ2) is 3.66. The minimum atomic E-state index is 0.257. The predicted octanol–water partition coefficient (Wildman–Crippen LogP) is 3.28. The summed E-state index contributed by atoms with van der Waals surface area (Å²) in [5.41, 5.74) is 0.735. The van der Waals surface area contributed by atoms with E-state index in [0.717, 1.165) is 10.5 Å². The first-order chi connectivity index (χ1) is 7.16. The Balaban J connectivity index is 2.96. The van der Waals surface area contributed by atoms with E-state index in [9.17, 15) is 10.2 Å². The first-order valence-electron chi connectivity index (χ1n) is 4.64. The zero-order valence-corrected chi connectivity index (χ0v) is 9.43. The van der Waals surface area contributed by atoms with Crippen molar-refractivity contribution in [3.8, 4) is 11.5 Å². The SMILES string of the molecule is CSc1c(C)c(O)c2ccccc2c1O. The summed E-state index contributed by atoms with van der Waals surface area (Å²) in [7, 11) is 0. The molecule has 2 N–H and O–H groups in total. The number of phenolic OH excluding ortho intramolecular Hbond substituents is 2. The molecule has 2 aromatic carbocycles. The zero-order valence-electron chi connectivity index (χ0n) is 8.61. The van der Waals surface area contributed by atoms with E-state index in [-0.39, 0.29) is 11.5 Å². The molecular weight excluding hydrogens is 208 g/mol. The highest BCUT2D eigenvalue weighted by atomic mass is 32.2. The molecule has 0 aliphatic rings. The lowest BCUT2D eigenvalue weighted by Crippen LogP contribution is -1.85. The van der Waals surface area contributed by atoms with Gasteiger partial charge in [-0.1, -0.05) is 24.3 Å². The lowest BCUT2D eigenvalue weighted by molar-refractivity contribution is 0.454. The van der Waals surface area contributed by atoms with Crippen LogP contribution in [0.15, 0.2) is 29.2 Å². The van der Waals surface area contributed by atoms with Gasteiger partial charge < -0.3 is 10.2 Å². The molecule has 0 fully saturated rings. The Labute approximate surface area is 92.6 Å². The Hall–Kier alpha value is -1.35. The molecule has 0 bridgehead atoms. The van der Waals surface area contributed by atoms with Crippen LogP contribution in [0.2, 0.25) is 0 Å². The van der Waals surface area contributed by atoms with Gasteiger partial charge >= 0.3 is 0 Å². The number of benzene rings is 2. The molecule has 15 heavy (non-hydrogen) atoms. The van der Waals surface area contributed by atoms with Crippen molar-refractivity contribution < 1.29 is 10.2 Å². The molecule has 2 rings (SSSR count). The third-order valence-electron chi connectivity index (χ3n) is 2.55. The molecule has 0 heterocycles. The van der Waals surface area contributed by atoms with Crippen LogP contribution in [0.4, 0.5) is 0 Å². The fraction of sp³-hybridized carbons (Fsp3) is 0.167. The Bertz CT molecular complexity index is 521. The third kappa shape index (κ3) is 1.43.